The van der Waals surface area contributed by atoms with Gasteiger partial charge in [0.25, 0.3) is 0 Å². The highest BCUT2D eigenvalue weighted by atomic mass is 16.6. The summed E-state index contributed by atoms with van der Waals surface area (Å²) in [5, 5.41) is 3.28. The monoisotopic (exact) mass is 222 g/mol. The predicted molar refractivity (Wildman–Crippen MR) is 61.5 cm³/mol. The van der Waals surface area contributed by atoms with Gasteiger partial charge in [-0.3, -0.25) is 4.57 Å². The van der Waals surface area contributed by atoms with Gasteiger partial charge in [-0.15, -0.1) is 0 Å². The zero-order valence-electron chi connectivity index (χ0n) is 10.0. The third-order valence-electron chi connectivity index (χ3n) is 2.53. The van der Waals surface area contributed by atoms with Crippen molar-refractivity contribution in [3.63, 3.8) is 0 Å². The number of nitrogens with zero attached hydrogens (tertiary/aromatic N) is 1. The van der Waals surface area contributed by atoms with Crippen molar-refractivity contribution < 1.29 is 9.53 Å². The standard InChI is InChI=1S/C12H18N2O2/c1-12(2,3)16-11(15)14-7-5-9-8-13-6-4-10(9)14/h5,7,13H,4,6,8H2,1-3H3. The summed E-state index contributed by atoms with van der Waals surface area (Å²) in [6.07, 6.45) is 2.39. The molecule has 1 aliphatic rings. The molecule has 0 unspecified atom stereocenters. The van der Waals surface area contributed by atoms with Crippen molar-refractivity contribution in [2.75, 3.05) is 6.54 Å². The Kier molecular flexibility index (Phi) is 2.76. The van der Waals surface area contributed by atoms with Crippen molar-refractivity contribution in [3.8, 4) is 0 Å². The van der Waals surface area contributed by atoms with Gasteiger partial charge in [0.1, 0.15) is 5.60 Å². The molecule has 1 aromatic heterocycles. The molecule has 2 heterocycles. The van der Waals surface area contributed by atoms with E-state index in [2.05, 4.69) is 5.32 Å². The van der Waals surface area contributed by atoms with Gasteiger partial charge >= 0.3 is 6.09 Å². The molecule has 4 nitrogen and oxygen atoms in total. The van der Waals surface area contributed by atoms with Gasteiger partial charge in [-0.2, -0.15) is 0 Å². The van der Waals surface area contributed by atoms with Gasteiger partial charge in [0, 0.05) is 31.4 Å². The highest BCUT2D eigenvalue weighted by Gasteiger charge is 2.22. The maximum absolute atomic E-state index is 11.9. The van der Waals surface area contributed by atoms with Crippen molar-refractivity contribution in [3.05, 3.63) is 23.5 Å². The van der Waals surface area contributed by atoms with Crippen molar-refractivity contribution in [2.45, 2.75) is 39.3 Å². The van der Waals surface area contributed by atoms with Crippen LogP contribution in [0.1, 0.15) is 32.0 Å². The molecule has 0 aromatic carbocycles. The Morgan fingerprint density at radius 3 is 2.94 bits per heavy atom. The number of hydrogen-bond acceptors (Lipinski definition) is 3. The molecule has 0 amide bonds. The van der Waals surface area contributed by atoms with Crippen LogP contribution in [0.2, 0.25) is 0 Å². The molecule has 0 atom stereocenters. The fraction of sp³-hybridized carbons (Fsp3) is 0.583. The molecule has 0 bridgehead atoms. The van der Waals surface area contributed by atoms with Gasteiger partial charge in [0.2, 0.25) is 0 Å². The second-order valence-corrected chi connectivity index (χ2v) is 5.06. The van der Waals surface area contributed by atoms with Crippen LogP contribution in [-0.2, 0) is 17.7 Å². The van der Waals surface area contributed by atoms with Crippen molar-refractivity contribution in [1.82, 2.24) is 9.88 Å². The quantitative estimate of drug-likeness (QED) is 0.729. The molecular weight excluding hydrogens is 204 g/mol. The van der Waals surface area contributed by atoms with E-state index in [1.165, 1.54) is 5.56 Å². The molecule has 1 aliphatic heterocycles. The highest BCUT2D eigenvalue weighted by Crippen LogP contribution is 2.17. The summed E-state index contributed by atoms with van der Waals surface area (Å²) in [7, 11) is 0. The van der Waals surface area contributed by atoms with Gasteiger partial charge in [0.15, 0.2) is 0 Å². The minimum absolute atomic E-state index is 0.282. The lowest BCUT2D eigenvalue weighted by Crippen LogP contribution is -2.30. The smallest absolute Gasteiger partial charge is 0.418 e. The van der Waals surface area contributed by atoms with E-state index in [0.29, 0.717) is 0 Å². The number of nitrogens with one attached hydrogen (secondary N) is 1. The number of carbonyl (C=O) groups is 1. The second-order valence-electron chi connectivity index (χ2n) is 5.06. The van der Waals surface area contributed by atoms with E-state index >= 15 is 0 Å². The van der Waals surface area contributed by atoms with Crippen LogP contribution in [0.25, 0.3) is 0 Å². The van der Waals surface area contributed by atoms with E-state index < -0.39 is 5.60 Å². The van der Waals surface area contributed by atoms with Crippen LogP contribution in [0, 0.1) is 0 Å². The third-order valence-corrected chi connectivity index (χ3v) is 2.53. The molecule has 88 valence electrons. The Hall–Kier alpha value is -1.29. The summed E-state index contributed by atoms with van der Waals surface area (Å²) in [6.45, 7) is 7.39. The van der Waals surface area contributed by atoms with Crippen LogP contribution < -0.4 is 5.32 Å². The lowest BCUT2D eigenvalue weighted by molar-refractivity contribution is 0.0532. The summed E-state index contributed by atoms with van der Waals surface area (Å²) in [5.41, 5.74) is 1.83. The fourth-order valence-corrected chi connectivity index (χ4v) is 1.86. The molecule has 1 N–H and O–H groups in total. The number of aromatic nitrogens is 1. The van der Waals surface area contributed by atoms with Gasteiger partial charge in [-0.1, -0.05) is 0 Å². The Morgan fingerprint density at radius 1 is 1.50 bits per heavy atom. The summed E-state index contributed by atoms with van der Waals surface area (Å²) in [4.78, 5) is 11.9. The number of rotatable bonds is 0. The van der Waals surface area contributed by atoms with Crippen molar-refractivity contribution in [2.24, 2.45) is 0 Å². The topological polar surface area (TPSA) is 43.3 Å². The van der Waals surface area contributed by atoms with Crippen molar-refractivity contribution >= 4 is 6.09 Å². The lowest BCUT2D eigenvalue weighted by Gasteiger charge is -2.21. The van der Waals surface area contributed by atoms with Crippen LogP contribution in [0.5, 0.6) is 0 Å². The molecule has 0 saturated carbocycles. The molecular formula is C12H18N2O2. The normalized spacial score (nSPS) is 15.7. The molecule has 2 rings (SSSR count). The highest BCUT2D eigenvalue weighted by molar-refractivity contribution is 5.72. The van der Waals surface area contributed by atoms with Crippen LogP contribution >= 0.6 is 0 Å². The number of ether oxygens (including phenoxy) is 1. The van der Waals surface area contributed by atoms with E-state index in [1.54, 1.807) is 10.8 Å². The Labute approximate surface area is 95.6 Å². The van der Waals surface area contributed by atoms with E-state index in [0.717, 1.165) is 25.2 Å². The molecule has 0 saturated heterocycles. The maximum Gasteiger partial charge on any atom is 0.418 e. The number of fused-ring (bicyclic) bond motifs is 1. The van der Waals surface area contributed by atoms with E-state index in [1.807, 2.05) is 26.8 Å². The lowest BCUT2D eigenvalue weighted by atomic mass is 10.1. The molecule has 0 radical (unpaired) electrons. The zero-order valence-corrected chi connectivity index (χ0v) is 10.0. The second kappa shape index (κ2) is 3.94. The Bertz CT molecular complexity index is 402. The summed E-state index contributed by atoms with van der Waals surface area (Å²) in [6, 6.07) is 1.98. The fourth-order valence-electron chi connectivity index (χ4n) is 1.86. The Balaban J connectivity index is 2.21. The number of carbonyl (C=O) groups excluding carboxylic acids is 1. The first-order valence-corrected chi connectivity index (χ1v) is 5.60. The molecule has 4 heteroatoms. The first-order chi connectivity index (χ1) is 7.47. The largest absolute Gasteiger partial charge is 0.443 e. The molecule has 0 spiro atoms. The predicted octanol–water partition coefficient (Wildman–Crippen LogP) is 1.92. The van der Waals surface area contributed by atoms with E-state index in [-0.39, 0.29) is 6.09 Å². The minimum Gasteiger partial charge on any atom is -0.443 e. The van der Waals surface area contributed by atoms with Crippen LogP contribution in [0.3, 0.4) is 0 Å². The van der Waals surface area contributed by atoms with Crippen LogP contribution in [-0.4, -0.2) is 22.8 Å². The zero-order chi connectivity index (χ0) is 11.8. The molecule has 1 aromatic rings. The van der Waals surface area contributed by atoms with Crippen LogP contribution in [0.15, 0.2) is 12.3 Å². The third kappa shape index (κ3) is 2.27. The van der Waals surface area contributed by atoms with E-state index in [4.69, 9.17) is 4.74 Å². The summed E-state index contributed by atoms with van der Waals surface area (Å²) < 4.78 is 6.98. The SMILES string of the molecule is CC(C)(C)OC(=O)n1ccc2c1CCNC2. The van der Waals surface area contributed by atoms with Crippen LogP contribution in [0.4, 0.5) is 4.79 Å². The molecule has 0 fully saturated rings. The van der Waals surface area contributed by atoms with Gasteiger partial charge in [-0.25, -0.2) is 4.79 Å². The average Bonchev–Trinajstić information content (AvgIpc) is 2.58. The van der Waals surface area contributed by atoms with Gasteiger partial charge < -0.3 is 10.1 Å². The van der Waals surface area contributed by atoms with E-state index in [9.17, 15) is 4.79 Å². The summed E-state index contributed by atoms with van der Waals surface area (Å²) >= 11 is 0. The minimum atomic E-state index is -0.443. The molecule has 16 heavy (non-hydrogen) atoms. The Morgan fingerprint density at radius 2 is 2.25 bits per heavy atom. The molecule has 0 aliphatic carbocycles. The first kappa shape index (κ1) is 11.2. The maximum atomic E-state index is 11.9. The summed E-state index contributed by atoms with van der Waals surface area (Å²) in [5.74, 6) is 0. The average molecular weight is 222 g/mol. The van der Waals surface area contributed by atoms with Crippen molar-refractivity contribution in [1.29, 1.82) is 0 Å². The van der Waals surface area contributed by atoms with Gasteiger partial charge in [0.05, 0.1) is 0 Å². The first-order valence-electron chi connectivity index (χ1n) is 5.60. The number of hydrogen-bond donors (Lipinski definition) is 1. The van der Waals surface area contributed by atoms with Gasteiger partial charge in [-0.05, 0) is 32.4 Å².